The van der Waals surface area contributed by atoms with E-state index in [9.17, 15) is 4.79 Å². The summed E-state index contributed by atoms with van der Waals surface area (Å²) in [5.74, 6) is 0.624. The highest BCUT2D eigenvalue weighted by molar-refractivity contribution is 8.15. The third kappa shape index (κ3) is 4.94. The smallest absolute Gasteiger partial charge is 0.221 e. The molecule has 9 heteroatoms. The molecule has 2 aromatic rings. The van der Waals surface area contributed by atoms with Crippen LogP contribution >= 0.6 is 11.8 Å². The lowest BCUT2D eigenvalue weighted by atomic mass is 10.2. The third-order valence-corrected chi connectivity index (χ3v) is 5.30. The Balaban J connectivity index is 1.67. The first-order valence-corrected chi connectivity index (χ1v) is 9.61. The lowest BCUT2D eigenvalue weighted by Gasteiger charge is -2.08. The van der Waals surface area contributed by atoms with Crippen LogP contribution in [-0.4, -0.2) is 66.3 Å². The molecule has 0 bridgehead atoms. The minimum atomic E-state index is -0.0725. The van der Waals surface area contributed by atoms with Gasteiger partial charge in [0, 0.05) is 36.8 Å². The number of methoxy groups -OCH3 is 1. The van der Waals surface area contributed by atoms with E-state index in [0.717, 1.165) is 21.6 Å². The molecule has 1 amide bonds. The van der Waals surface area contributed by atoms with Gasteiger partial charge < -0.3 is 30.6 Å². The second-order valence-electron chi connectivity index (χ2n) is 6.16. The quantitative estimate of drug-likeness (QED) is 0.375. The van der Waals surface area contributed by atoms with Crippen molar-refractivity contribution < 1.29 is 19.4 Å². The number of H-pyrrole nitrogens is 1. The molecule has 1 aromatic heterocycles. The van der Waals surface area contributed by atoms with Gasteiger partial charge in [0.1, 0.15) is 17.4 Å². The van der Waals surface area contributed by atoms with Crippen LogP contribution in [0.2, 0.25) is 0 Å². The minimum Gasteiger partial charge on any atom is -0.491 e. The topological polar surface area (TPSA) is 122 Å². The number of anilines is 1. The number of ether oxygens (including phenoxy) is 2. The van der Waals surface area contributed by atoms with Gasteiger partial charge >= 0.3 is 0 Å². The van der Waals surface area contributed by atoms with Crippen molar-refractivity contribution in [3.05, 3.63) is 23.9 Å². The van der Waals surface area contributed by atoms with E-state index in [0.29, 0.717) is 37.6 Å². The number of benzene rings is 1. The standard InChI is InChI=1S/C18H24N4O4S/c1-25-4-5-26-12-6-11-7-15(22-17(11)14(19)8-12)18-21-10-13(27-18)9-16(24)20-2-3-23/h6-8,13,22-23H,2-5,9-10,19H2,1H3,(H,20,24). The maximum atomic E-state index is 11.8. The van der Waals surface area contributed by atoms with E-state index in [1.807, 2.05) is 12.1 Å². The van der Waals surface area contributed by atoms with Gasteiger partial charge in [0.25, 0.3) is 0 Å². The molecule has 1 atom stereocenters. The average molecular weight is 392 g/mol. The van der Waals surface area contributed by atoms with Crippen LogP contribution in [0.25, 0.3) is 10.9 Å². The summed E-state index contributed by atoms with van der Waals surface area (Å²) in [6.45, 7) is 1.78. The number of fused-ring (bicyclic) bond motifs is 1. The number of nitrogen functional groups attached to an aromatic ring is 1. The molecule has 1 aliphatic rings. The van der Waals surface area contributed by atoms with Gasteiger partial charge in [0.05, 0.1) is 36.7 Å². The largest absolute Gasteiger partial charge is 0.491 e. The summed E-state index contributed by atoms with van der Waals surface area (Å²) in [7, 11) is 1.63. The van der Waals surface area contributed by atoms with E-state index in [2.05, 4.69) is 15.3 Å². The molecular formula is C18H24N4O4S. The van der Waals surface area contributed by atoms with E-state index in [1.165, 1.54) is 0 Å². The zero-order chi connectivity index (χ0) is 19.2. The van der Waals surface area contributed by atoms with Crippen molar-refractivity contribution >= 4 is 39.3 Å². The molecule has 0 fully saturated rings. The number of aromatic amines is 1. The van der Waals surface area contributed by atoms with Crippen LogP contribution in [0, 0.1) is 0 Å². The van der Waals surface area contributed by atoms with Gasteiger partial charge in [-0.05, 0) is 12.1 Å². The summed E-state index contributed by atoms with van der Waals surface area (Å²) in [6.07, 6.45) is 0.373. The van der Waals surface area contributed by atoms with Crippen LogP contribution in [-0.2, 0) is 9.53 Å². The lowest BCUT2D eigenvalue weighted by Crippen LogP contribution is -2.29. The SMILES string of the molecule is COCCOc1cc(N)c2[nH]c(C3=NCC(CC(=O)NCCO)S3)cc2c1. The maximum absolute atomic E-state index is 11.8. The zero-order valence-corrected chi connectivity index (χ0v) is 16.0. The number of nitrogens with two attached hydrogens (primary N) is 1. The molecule has 0 spiro atoms. The predicted molar refractivity (Wildman–Crippen MR) is 108 cm³/mol. The van der Waals surface area contributed by atoms with Gasteiger partial charge in [0.2, 0.25) is 5.91 Å². The Morgan fingerprint density at radius 2 is 2.30 bits per heavy atom. The van der Waals surface area contributed by atoms with Crippen LogP contribution in [0.5, 0.6) is 5.75 Å². The van der Waals surface area contributed by atoms with Crippen LogP contribution < -0.4 is 15.8 Å². The number of aliphatic hydroxyl groups is 1. The molecular weight excluding hydrogens is 368 g/mol. The number of carbonyl (C=O) groups excluding carboxylic acids is 1. The number of amides is 1. The number of hydrogen-bond donors (Lipinski definition) is 4. The highest BCUT2D eigenvalue weighted by Gasteiger charge is 2.24. The number of thioether (sulfide) groups is 1. The molecule has 1 unspecified atom stereocenters. The van der Waals surface area contributed by atoms with Crippen molar-refractivity contribution in [3.8, 4) is 5.75 Å². The first-order valence-electron chi connectivity index (χ1n) is 8.73. The van der Waals surface area contributed by atoms with Gasteiger partial charge in [-0.1, -0.05) is 11.8 Å². The molecule has 2 heterocycles. The number of aromatic nitrogens is 1. The number of aliphatic imine (C=N–C) groups is 1. The summed E-state index contributed by atoms with van der Waals surface area (Å²) in [4.78, 5) is 19.7. The van der Waals surface area contributed by atoms with E-state index < -0.39 is 0 Å². The van der Waals surface area contributed by atoms with Crippen molar-refractivity contribution in [2.45, 2.75) is 11.7 Å². The Labute approximate surface area is 161 Å². The molecule has 1 aliphatic heterocycles. The van der Waals surface area contributed by atoms with Gasteiger partial charge in [0.15, 0.2) is 0 Å². The molecule has 1 aromatic carbocycles. The molecule has 27 heavy (non-hydrogen) atoms. The highest BCUT2D eigenvalue weighted by Crippen LogP contribution is 2.32. The highest BCUT2D eigenvalue weighted by atomic mass is 32.2. The summed E-state index contributed by atoms with van der Waals surface area (Å²) in [5, 5.41) is 13.3. The number of hydrogen-bond acceptors (Lipinski definition) is 7. The van der Waals surface area contributed by atoms with Gasteiger partial charge in [-0.2, -0.15) is 0 Å². The lowest BCUT2D eigenvalue weighted by molar-refractivity contribution is -0.121. The Morgan fingerprint density at radius 3 is 3.07 bits per heavy atom. The molecule has 0 saturated carbocycles. The Bertz CT molecular complexity index is 836. The van der Waals surface area contributed by atoms with Crippen molar-refractivity contribution in [1.29, 1.82) is 0 Å². The van der Waals surface area contributed by atoms with Crippen LogP contribution in [0.1, 0.15) is 12.1 Å². The summed E-state index contributed by atoms with van der Waals surface area (Å²) < 4.78 is 10.6. The van der Waals surface area contributed by atoms with Crippen molar-refractivity contribution in [2.24, 2.45) is 4.99 Å². The number of rotatable bonds is 9. The molecule has 5 N–H and O–H groups in total. The predicted octanol–water partition coefficient (Wildman–Crippen LogP) is 1.14. The molecule has 8 nitrogen and oxygen atoms in total. The maximum Gasteiger partial charge on any atom is 0.221 e. The first kappa shape index (κ1) is 19.5. The van der Waals surface area contributed by atoms with Crippen molar-refractivity contribution in [2.75, 3.05) is 45.8 Å². The van der Waals surface area contributed by atoms with E-state index in [-0.39, 0.29) is 24.3 Å². The number of nitrogens with zero attached hydrogens (tertiary/aromatic N) is 1. The Morgan fingerprint density at radius 1 is 1.44 bits per heavy atom. The number of nitrogens with one attached hydrogen (secondary N) is 2. The number of carbonyl (C=O) groups is 1. The van der Waals surface area contributed by atoms with Crippen LogP contribution in [0.15, 0.2) is 23.2 Å². The average Bonchev–Trinajstić information content (AvgIpc) is 3.27. The fourth-order valence-corrected chi connectivity index (χ4v) is 3.92. The second kappa shape index (κ2) is 9.12. The van der Waals surface area contributed by atoms with Gasteiger partial charge in [-0.25, -0.2) is 0 Å². The summed E-state index contributed by atoms with van der Waals surface area (Å²) >= 11 is 1.57. The van der Waals surface area contributed by atoms with E-state index >= 15 is 0 Å². The Kier molecular flexibility index (Phi) is 6.59. The van der Waals surface area contributed by atoms with Crippen molar-refractivity contribution in [3.63, 3.8) is 0 Å². The fraction of sp³-hybridized carbons (Fsp3) is 0.444. The van der Waals surface area contributed by atoms with Crippen LogP contribution in [0.4, 0.5) is 5.69 Å². The van der Waals surface area contributed by atoms with Crippen molar-refractivity contribution in [1.82, 2.24) is 10.3 Å². The second-order valence-corrected chi connectivity index (χ2v) is 7.45. The monoisotopic (exact) mass is 392 g/mol. The molecule has 0 saturated heterocycles. The van der Waals surface area contributed by atoms with Crippen LogP contribution in [0.3, 0.4) is 0 Å². The third-order valence-electron chi connectivity index (χ3n) is 4.08. The first-order chi connectivity index (χ1) is 13.1. The normalized spacial score (nSPS) is 16.5. The minimum absolute atomic E-state index is 0.0566. The molecule has 0 radical (unpaired) electrons. The fourth-order valence-electron chi connectivity index (χ4n) is 2.83. The zero-order valence-electron chi connectivity index (χ0n) is 15.2. The molecule has 3 rings (SSSR count). The number of aliphatic hydroxyl groups excluding tert-OH is 1. The van der Waals surface area contributed by atoms with E-state index in [4.69, 9.17) is 20.3 Å². The molecule has 146 valence electrons. The summed E-state index contributed by atoms with van der Waals surface area (Å²) in [6, 6.07) is 5.71. The summed E-state index contributed by atoms with van der Waals surface area (Å²) in [5.41, 5.74) is 8.48. The van der Waals surface area contributed by atoms with Gasteiger partial charge in [-0.15, -0.1) is 0 Å². The van der Waals surface area contributed by atoms with Gasteiger partial charge in [-0.3, -0.25) is 9.79 Å². The molecule has 0 aliphatic carbocycles. The Hall–Kier alpha value is -2.23. The van der Waals surface area contributed by atoms with E-state index in [1.54, 1.807) is 24.9 Å².